The van der Waals surface area contributed by atoms with Gasteiger partial charge in [0, 0.05) is 18.0 Å². The highest BCUT2D eigenvalue weighted by atomic mass is 32.2. The molecule has 0 radical (unpaired) electrons. The van der Waals surface area contributed by atoms with Crippen LogP contribution in [0.25, 0.3) is 0 Å². The van der Waals surface area contributed by atoms with Crippen LogP contribution >= 0.6 is 11.8 Å². The van der Waals surface area contributed by atoms with Crippen molar-refractivity contribution in [1.29, 1.82) is 0 Å². The van der Waals surface area contributed by atoms with Gasteiger partial charge in [0.15, 0.2) is 5.16 Å². The second-order valence-corrected chi connectivity index (χ2v) is 5.33. The SMILES string of the molecule is Nc1nc(Sc2ccccc2)nc(N2CCOCC2)n1. The maximum atomic E-state index is 5.79. The maximum absolute atomic E-state index is 5.79. The predicted octanol–water partition coefficient (Wildman–Crippen LogP) is 1.44. The lowest BCUT2D eigenvalue weighted by Gasteiger charge is -2.26. The summed E-state index contributed by atoms with van der Waals surface area (Å²) in [5, 5.41) is 0.616. The maximum Gasteiger partial charge on any atom is 0.231 e. The molecule has 2 aromatic rings. The van der Waals surface area contributed by atoms with E-state index < -0.39 is 0 Å². The van der Waals surface area contributed by atoms with Crippen LogP contribution in [-0.2, 0) is 4.74 Å². The summed E-state index contributed by atoms with van der Waals surface area (Å²) in [6, 6.07) is 9.97. The molecular formula is C13H15N5OS. The standard InChI is InChI=1S/C13H15N5OS/c14-11-15-12(18-6-8-19-9-7-18)17-13(16-11)20-10-4-2-1-3-5-10/h1-5H,6-9H2,(H2,14,15,16,17). The molecule has 20 heavy (non-hydrogen) atoms. The third-order valence-corrected chi connectivity index (χ3v) is 3.74. The fourth-order valence-electron chi connectivity index (χ4n) is 1.91. The monoisotopic (exact) mass is 289 g/mol. The Morgan fingerprint density at radius 2 is 1.80 bits per heavy atom. The lowest BCUT2D eigenvalue weighted by atomic mass is 10.4. The number of rotatable bonds is 3. The minimum Gasteiger partial charge on any atom is -0.378 e. The highest BCUT2D eigenvalue weighted by Crippen LogP contribution is 2.25. The summed E-state index contributed by atoms with van der Waals surface area (Å²) in [6.07, 6.45) is 0. The van der Waals surface area contributed by atoms with Gasteiger partial charge in [-0.1, -0.05) is 18.2 Å². The van der Waals surface area contributed by atoms with Crippen molar-refractivity contribution in [3.8, 4) is 0 Å². The summed E-state index contributed by atoms with van der Waals surface area (Å²) in [5.41, 5.74) is 5.79. The summed E-state index contributed by atoms with van der Waals surface area (Å²) in [6.45, 7) is 2.93. The largest absolute Gasteiger partial charge is 0.378 e. The van der Waals surface area contributed by atoms with Crippen molar-refractivity contribution >= 4 is 23.7 Å². The molecule has 3 rings (SSSR count). The van der Waals surface area contributed by atoms with Crippen LogP contribution in [0.3, 0.4) is 0 Å². The molecule has 104 valence electrons. The number of anilines is 2. The van der Waals surface area contributed by atoms with Crippen molar-refractivity contribution in [2.24, 2.45) is 0 Å². The fourth-order valence-corrected chi connectivity index (χ4v) is 2.68. The number of nitrogens with zero attached hydrogens (tertiary/aromatic N) is 4. The number of aromatic nitrogens is 3. The molecule has 2 heterocycles. The van der Waals surface area contributed by atoms with Gasteiger partial charge in [-0.15, -0.1) is 0 Å². The molecular weight excluding hydrogens is 274 g/mol. The van der Waals surface area contributed by atoms with E-state index in [9.17, 15) is 0 Å². The van der Waals surface area contributed by atoms with E-state index in [-0.39, 0.29) is 5.95 Å². The van der Waals surface area contributed by atoms with Gasteiger partial charge in [0.25, 0.3) is 0 Å². The third-order valence-electron chi connectivity index (χ3n) is 2.87. The molecule has 1 aromatic carbocycles. The number of nitrogens with two attached hydrogens (primary N) is 1. The van der Waals surface area contributed by atoms with Crippen molar-refractivity contribution in [2.75, 3.05) is 36.9 Å². The number of morpholine rings is 1. The van der Waals surface area contributed by atoms with Gasteiger partial charge < -0.3 is 15.4 Å². The van der Waals surface area contributed by atoms with Gasteiger partial charge in [0.2, 0.25) is 11.9 Å². The highest BCUT2D eigenvalue weighted by Gasteiger charge is 2.16. The summed E-state index contributed by atoms with van der Waals surface area (Å²) in [5.74, 6) is 0.874. The quantitative estimate of drug-likeness (QED) is 0.916. The molecule has 0 amide bonds. The summed E-state index contributed by atoms with van der Waals surface area (Å²) in [4.78, 5) is 16.0. The lowest BCUT2D eigenvalue weighted by Crippen LogP contribution is -2.37. The fraction of sp³-hybridized carbons (Fsp3) is 0.308. The second-order valence-electron chi connectivity index (χ2n) is 4.29. The first-order valence-corrected chi connectivity index (χ1v) is 7.20. The Hall–Kier alpha value is -1.86. The van der Waals surface area contributed by atoms with Gasteiger partial charge in [0.05, 0.1) is 13.2 Å². The second kappa shape index (κ2) is 6.06. The van der Waals surface area contributed by atoms with Crippen LogP contribution in [0.5, 0.6) is 0 Å². The molecule has 0 bridgehead atoms. The highest BCUT2D eigenvalue weighted by molar-refractivity contribution is 7.99. The van der Waals surface area contributed by atoms with Crippen LogP contribution in [0.4, 0.5) is 11.9 Å². The molecule has 1 saturated heterocycles. The molecule has 0 atom stereocenters. The van der Waals surface area contributed by atoms with Gasteiger partial charge in [0.1, 0.15) is 0 Å². The molecule has 0 spiro atoms. The average Bonchev–Trinajstić information content (AvgIpc) is 2.49. The summed E-state index contributed by atoms with van der Waals surface area (Å²) in [7, 11) is 0. The van der Waals surface area contributed by atoms with Crippen LogP contribution in [0.1, 0.15) is 0 Å². The zero-order valence-corrected chi connectivity index (χ0v) is 11.7. The van der Waals surface area contributed by atoms with Gasteiger partial charge in [-0.25, -0.2) is 0 Å². The third kappa shape index (κ3) is 3.17. The van der Waals surface area contributed by atoms with Crippen LogP contribution < -0.4 is 10.6 Å². The normalized spacial score (nSPS) is 15.3. The van der Waals surface area contributed by atoms with Crippen molar-refractivity contribution in [1.82, 2.24) is 15.0 Å². The molecule has 0 saturated carbocycles. The molecule has 0 unspecified atom stereocenters. The molecule has 6 nitrogen and oxygen atoms in total. The lowest BCUT2D eigenvalue weighted by molar-refractivity contribution is 0.122. The van der Waals surface area contributed by atoms with E-state index in [1.807, 2.05) is 30.3 Å². The number of ether oxygens (including phenoxy) is 1. The van der Waals surface area contributed by atoms with E-state index in [0.717, 1.165) is 18.0 Å². The summed E-state index contributed by atoms with van der Waals surface area (Å²) < 4.78 is 5.33. The molecule has 1 fully saturated rings. The van der Waals surface area contributed by atoms with Crippen LogP contribution in [0.2, 0.25) is 0 Å². The topological polar surface area (TPSA) is 77.2 Å². The molecule has 2 N–H and O–H groups in total. The van der Waals surface area contributed by atoms with Crippen molar-refractivity contribution < 1.29 is 4.74 Å². The first kappa shape index (κ1) is 13.1. The minimum atomic E-state index is 0.250. The van der Waals surface area contributed by atoms with E-state index in [1.165, 1.54) is 11.8 Å². The number of hydrogen-bond donors (Lipinski definition) is 1. The Morgan fingerprint density at radius 1 is 1.05 bits per heavy atom. The van der Waals surface area contributed by atoms with E-state index in [0.29, 0.717) is 24.3 Å². The van der Waals surface area contributed by atoms with E-state index in [4.69, 9.17) is 10.5 Å². The number of nitrogen functional groups attached to an aromatic ring is 1. The Labute approximate surface area is 121 Å². The molecule has 1 aromatic heterocycles. The van der Waals surface area contributed by atoms with Gasteiger partial charge in [-0.3, -0.25) is 0 Å². The average molecular weight is 289 g/mol. The number of hydrogen-bond acceptors (Lipinski definition) is 7. The molecule has 1 aliphatic rings. The summed E-state index contributed by atoms with van der Waals surface area (Å²) >= 11 is 1.48. The van der Waals surface area contributed by atoms with E-state index in [2.05, 4.69) is 19.9 Å². The first-order chi connectivity index (χ1) is 9.81. The molecule has 0 aliphatic carbocycles. The van der Waals surface area contributed by atoms with Crippen LogP contribution in [0.15, 0.2) is 40.4 Å². The van der Waals surface area contributed by atoms with Gasteiger partial charge in [-0.2, -0.15) is 15.0 Å². The zero-order valence-electron chi connectivity index (χ0n) is 10.9. The smallest absolute Gasteiger partial charge is 0.231 e. The number of benzene rings is 1. The van der Waals surface area contributed by atoms with E-state index >= 15 is 0 Å². The zero-order chi connectivity index (χ0) is 13.8. The van der Waals surface area contributed by atoms with E-state index in [1.54, 1.807) is 0 Å². The Morgan fingerprint density at radius 3 is 2.55 bits per heavy atom. The minimum absolute atomic E-state index is 0.250. The Balaban J connectivity index is 1.82. The van der Waals surface area contributed by atoms with Gasteiger partial charge in [-0.05, 0) is 23.9 Å². The molecule has 7 heteroatoms. The first-order valence-electron chi connectivity index (χ1n) is 6.38. The van der Waals surface area contributed by atoms with Crippen molar-refractivity contribution in [3.05, 3.63) is 30.3 Å². The van der Waals surface area contributed by atoms with Crippen molar-refractivity contribution in [3.63, 3.8) is 0 Å². The van der Waals surface area contributed by atoms with Gasteiger partial charge >= 0.3 is 0 Å². The molecule has 1 aliphatic heterocycles. The van der Waals surface area contributed by atoms with Crippen LogP contribution in [0, 0.1) is 0 Å². The Kier molecular flexibility index (Phi) is 3.98. The predicted molar refractivity (Wildman–Crippen MR) is 77.8 cm³/mol. The Bertz CT molecular complexity index is 574. The van der Waals surface area contributed by atoms with Crippen molar-refractivity contribution in [2.45, 2.75) is 10.1 Å². The van der Waals surface area contributed by atoms with Crippen LogP contribution in [-0.4, -0.2) is 41.3 Å².